The van der Waals surface area contributed by atoms with Crippen LogP contribution in [-0.4, -0.2) is 6.04 Å². The summed E-state index contributed by atoms with van der Waals surface area (Å²) in [6.45, 7) is 0. The largest absolute Gasteiger partial charge is 0.307 e. The summed E-state index contributed by atoms with van der Waals surface area (Å²) >= 11 is 0. The first-order valence-electron chi connectivity index (χ1n) is 4.06. The summed E-state index contributed by atoms with van der Waals surface area (Å²) in [5.74, 6) is 0. The normalized spacial score (nSPS) is 36.7. The van der Waals surface area contributed by atoms with Gasteiger partial charge in [-0.3, -0.25) is 0 Å². The Balaban J connectivity index is 1.99. The van der Waals surface area contributed by atoms with Crippen LogP contribution in [0.2, 0.25) is 0 Å². The van der Waals surface area contributed by atoms with Crippen molar-refractivity contribution in [3.8, 4) is 0 Å². The Bertz CT molecular complexity index is 88.7. The Labute approximate surface area is 56.8 Å². The summed E-state index contributed by atoms with van der Waals surface area (Å²) in [5.41, 5.74) is 0. The number of hydrogen-bond donors (Lipinski definition) is 1. The van der Waals surface area contributed by atoms with Gasteiger partial charge in [0.25, 0.3) is 0 Å². The van der Waals surface area contributed by atoms with Gasteiger partial charge in [0, 0.05) is 12.1 Å². The third-order valence-corrected chi connectivity index (χ3v) is 2.48. The Morgan fingerprint density at radius 1 is 1.11 bits per heavy atom. The third kappa shape index (κ3) is 1.11. The molecule has 2 saturated heterocycles. The number of fused-ring (bicyclic) bond motifs is 2. The zero-order chi connectivity index (χ0) is 6.10. The van der Waals surface area contributed by atoms with Crippen molar-refractivity contribution in [3.05, 3.63) is 6.04 Å². The molecule has 1 unspecified atom stereocenters. The highest BCUT2D eigenvalue weighted by molar-refractivity contribution is 4.99. The summed E-state index contributed by atoms with van der Waals surface area (Å²) in [7, 11) is 0. The Morgan fingerprint density at radius 3 is 3.11 bits per heavy atom. The lowest BCUT2D eigenvalue weighted by Crippen LogP contribution is -2.21. The molecule has 1 atom stereocenters. The minimum atomic E-state index is 0.863. The second-order valence-corrected chi connectivity index (χ2v) is 3.23. The second kappa shape index (κ2) is 2.30. The lowest BCUT2D eigenvalue weighted by Gasteiger charge is -2.05. The minimum absolute atomic E-state index is 0.863. The monoisotopic (exact) mass is 124 g/mol. The number of nitrogens with one attached hydrogen (secondary N) is 1. The van der Waals surface area contributed by atoms with E-state index in [1.54, 1.807) is 6.04 Å². The molecule has 51 valence electrons. The highest BCUT2D eigenvalue weighted by atomic mass is 15.0. The van der Waals surface area contributed by atoms with Crippen molar-refractivity contribution >= 4 is 0 Å². The van der Waals surface area contributed by atoms with Crippen molar-refractivity contribution in [2.24, 2.45) is 0 Å². The molecule has 1 nitrogen and oxygen atoms in total. The highest BCUT2D eigenvalue weighted by Gasteiger charge is 2.25. The first-order valence-corrected chi connectivity index (χ1v) is 4.06. The molecule has 0 aromatic carbocycles. The van der Waals surface area contributed by atoms with Crippen LogP contribution in [0.1, 0.15) is 38.5 Å². The Hall–Kier alpha value is -0.0400. The van der Waals surface area contributed by atoms with Gasteiger partial charge < -0.3 is 5.32 Å². The van der Waals surface area contributed by atoms with Gasteiger partial charge in [0.15, 0.2) is 0 Å². The lowest BCUT2D eigenvalue weighted by atomic mass is 10.0. The summed E-state index contributed by atoms with van der Waals surface area (Å²) in [6.07, 6.45) is 8.43. The van der Waals surface area contributed by atoms with Crippen LogP contribution < -0.4 is 5.32 Å². The maximum absolute atomic E-state index is 3.57. The van der Waals surface area contributed by atoms with E-state index < -0.39 is 0 Å². The molecule has 2 heterocycles. The summed E-state index contributed by atoms with van der Waals surface area (Å²) < 4.78 is 0. The van der Waals surface area contributed by atoms with Crippen LogP contribution in [0.15, 0.2) is 0 Å². The predicted molar refractivity (Wildman–Crippen MR) is 37.9 cm³/mol. The van der Waals surface area contributed by atoms with Gasteiger partial charge >= 0.3 is 0 Å². The topological polar surface area (TPSA) is 12.0 Å². The van der Waals surface area contributed by atoms with E-state index in [-0.39, 0.29) is 0 Å². The molecule has 0 amide bonds. The molecule has 0 spiro atoms. The van der Waals surface area contributed by atoms with Crippen molar-refractivity contribution in [2.45, 2.75) is 44.6 Å². The van der Waals surface area contributed by atoms with Crippen LogP contribution in [0.3, 0.4) is 0 Å². The van der Waals surface area contributed by atoms with Gasteiger partial charge in [0.05, 0.1) is 0 Å². The van der Waals surface area contributed by atoms with Gasteiger partial charge in [0.1, 0.15) is 0 Å². The van der Waals surface area contributed by atoms with Crippen molar-refractivity contribution in [1.29, 1.82) is 0 Å². The standard InChI is InChI=1S/C8H14N/c1-2-4-8-6-5-7(3-1)9-8/h7,9H,1-6H2. The molecule has 2 rings (SSSR count). The average Bonchev–Trinajstić information content (AvgIpc) is 2.09. The number of rotatable bonds is 0. The Morgan fingerprint density at radius 2 is 2.11 bits per heavy atom. The smallest absolute Gasteiger partial charge is 0.0366 e. The van der Waals surface area contributed by atoms with Crippen LogP contribution in [-0.2, 0) is 0 Å². The van der Waals surface area contributed by atoms with Crippen molar-refractivity contribution < 1.29 is 0 Å². The Kier molecular flexibility index (Phi) is 1.46. The van der Waals surface area contributed by atoms with Gasteiger partial charge in [-0.15, -0.1) is 0 Å². The number of hydrogen-bond acceptors (Lipinski definition) is 1. The van der Waals surface area contributed by atoms with Gasteiger partial charge in [-0.05, 0) is 25.7 Å². The fourth-order valence-electron chi connectivity index (χ4n) is 1.92. The molecular formula is C8H14N. The molecule has 2 bridgehead atoms. The lowest BCUT2D eigenvalue weighted by molar-refractivity contribution is 0.553. The average molecular weight is 124 g/mol. The quantitative estimate of drug-likeness (QED) is 0.519. The van der Waals surface area contributed by atoms with Crippen molar-refractivity contribution in [3.63, 3.8) is 0 Å². The van der Waals surface area contributed by atoms with Gasteiger partial charge in [-0.1, -0.05) is 12.8 Å². The molecular weight excluding hydrogens is 110 g/mol. The van der Waals surface area contributed by atoms with Crippen LogP contribution in [0.25, 0.3) is 0 Å². The van der Waals surface area contributed by atoms with E-state index in [4.69, 9.17) is 0 Å². The van der Waals surface area contributed by atoms with Crippen LogP contribution in [0.5, 0.6) is 0 Å². The molecule has 9 heavy (non-hydrogen) atoms. The molecule has 0 saturated carbocycles. The molecule has 0 aromatic heterocycles. The first kappa shape index (κ1) is 5.72. The molecule has 1 N–H and O–H groups in total. The van der Waals surface area contributed by atoms with Crippen LogP contribution >= 0.6 is 0 Å². The zero-order valence-corrected chi connectivity index (χ0v) is 5.82. The molecule has 0 aliphatic carbocycles. The fraction of sp³-hybridized carbons (Fsp3) is 0.875. The first-order chi connectivity index (χ1) is 4.45. The van der Waals surface area contributed by atoms with Gasteiger partial charge in [-0.25, -0.2) is 0 Å². The molecule has 0 aromatic rings. The molecule has 2 aliphatic heterocycles. The fourth-order valence-corrected chi connectivity index (χ4v) is 1.92. The predicted octanol–water partition coefficient (Wildman–Crippen LogP) is 1.84. The maximum Gasteiger partial charge on any atom is 0.0366 e. The van der Waals surface area contributed by atoms with Crippen LogP contribution in [0.4, 0.5) is 0 Å². The van der Waals surface area contributed by atoms with Crippen molar-refractivity contribution in [1.82, 2.24) is 5.32 Å². The zero-order valence-electron chi connectivity index (χ0n) is 5.82. The van der Waals surface area contributed by atoms with E-state index in [2.05, 4.69) is 5.32 Å². The molecule has 2 fully saturated rings. The minimum Gasteiger partial charge on any atom is -0.307 e. The van der Waals surface area contributed by atoms with E-state index in [0.717, 1.165) is 6.04 Å². The summed E-state index contributed by atoms with van der Waals surface area (Å²) in [6, 6.07) is 2.50. The van der Waals surface area contributed by atoms with E-state index in [0.29, 0.717) is 0 Å². The molecule has 1 heteroatoms. The van der Waals surface area contributed by atoms with E-state index in [1.165, 1.54) is 38.5 Å². The third-order valence-electron chi connectivity index (χ3n) is 2.48. The van der Waals surface area contributed by atoms with Crippen molar-refractivity contribution in [2.75, 3.05) is 0 Å². The van der Waals surface area contributed by atoms with E-state index in [9.17, 15) is 0 Å². The SMILES string of the molecule is C1CCC2CC[C](C1)N2. The summed E-state index contributed by atoms with van der Waals surface area (Å²) in [5, 5.41) is 3.57. The molecule has 1 radical (unpaired) electrons. The van der Waals surface area contributed by atoms with Crippen LogP contribution in [0, 0.1) is 6.04 Å². The van der Waals surface area contributed by atoms with E-state index >= 15 is 0 Å². The maximum atomic E-state index is 3.57. The van der Waals surface area contributed by atoms with Gasteiger partial charge in [-0.2, -0.15) is 0 Å². The molecule has 2 aliphatic rings. The highest BCUT2D eigenvalue weighted by Crippen LogP contribution is 2.29. The van der Waals surface area contributed by atoms with Gasteiger partial charge in [0.2, 0.25) is 0 Å². The second-order valence-electron chi connectivity index (χ2n) is 3.23. The van der Waals surface area contributed by atoms with E-state index in [1.807, 2.05) is 0 Å². The summed E-state index contributed by atoms with van der Waals surface area (Å²) in [4.78, 5) is 0.